The molecule has 1 heterocycles. The average Bonchev–Trinajstić information content (AvgIpc) is 3.12. The Hall–Kier alpha value is -2.55. The third kappa shape index (κ3) is 6.22. The lowest BCUT2D eigenvalue weighted by Crippen LogP contribution is -2.24. The van der Waals surface area contributed by atoms with Crippen LogP contribution >= 0.6 is 12.6 Å². The molecule has 3 rings (SSSR count). The number of hydrogen-bond acceptors (Lipinski definition) is 7. The summed E-state index contributed by atoms with van der Waals surface area (Å²) in [4.78, 5) is 0. The summed E-state index contributed by atoms with van der Waals surface area (Å²) >= 11 is 4.49. The molecule has 0 spiro atoms. The molecule has 0 saturated heterocycles. The zero-order valence-corrected chi connectivity index (χ0v) is 19.1. The summed E-state index contributed by atoms with van der Waals surface area (Å²) in [5.74, 6) is 2.04. The molecule has 0 atom stereocenters. The van der Waals surface area contributed by atoms with Crippen LogP contribution in [0, 0.1) is 0 Å². The van der Waals surface area contributed by atoms with Crippen molar-refractivity contribution in [1.82, 2.24) is 20.1 Å². The number of aromatic hydroxyl groups is 1. The van der Waals surface area contributed by atoms with Gasteiger partial charge in [0.05, 0.1) is 13.2 Å². The average molecular weight is 443 g/mol. The highest BCUT2D eigenvalue weighted by Gasteiger charge is 2.15. The number of thiol groups is 1. The van der Waals surface area contributed by atoms with Crippen LogP contribution in [-0.2, 0) is 11.3 Å². The molecule has 2 aromatic carbocycles. The fourth-order valence-corrected chi connectivity index (χ4v) is 3.43. The van der Waals surface area contributed by atoms with E-state index in [-0.39, 0.29) is 5.92 Å². The molecule has 0 saturated carbocycles. The van der Waals surface area contributed by atoms with E-state index in [1.165, 1.54) is 0 Å². The number of rotatable bonds is 11. The minimum Gasteiger partial charge on any atom is -0.508 e. The number of ether oxygens (including phenoxy) is 2. The van der Waals surface area contributed by atoms with Crippen molar-refractivity contribution in [2.75, 3.05) is 33.4 Å². The lowest BCUT2D eigenvalue weighted by atomic mass is 9.99. The van der Waals surface area contributed by atoms with Gasteiger partial charge in [-0.2, -0.15) is 0 Å². The Kier molecular flexibility index (Phi) is 8.34. The maximum atomic E-state index is 10.1. The second-order valence-electron chi connectivity index (χ2n) is 7.57. The van der Waals surface area contributed by atoms with Crippen LogP contribution in [-0.4, -0.2) is 53.3 Å². The SMILES string of the molecule is COCCNCCOc1ccc(Cn2c(S)nnc2-c2ccc(O)c(C(C)C)c2)cc1. The molecule has 0 aliphatic rings. The largest absolute Gasteiger partial charge is 0.508 e. The first-order valence-corrected chi connectivity index (χ1v) is 10.8. The van der Waals surface area contributed by atoms with Crippen molar-refractivity contribution >= 4 is 12.6 Å². The molecule has 0 amide bonds. The lowest BCUT2D eigenvalue weighted by Gasteiger charge is -2.13. The number of phenolic OH excluding ortho intramolecular Hbond substituents is 1. The lowest BCUT2D eigenvalue weighted by molar-refractivity contribution is 0.197. The van der Waals surface area contributed by atoms with Gasteiger partial charge in [0.15, 0.2) is 11.0 Å². The summed E-state index contributed by atoms with van der Waals surface area (Å²) in [6, 6.07) is 13.5. The number of nitrogens with zero attached hydrogens (tertiary/aromatic N) is 3. The molecule has 0 radical (unpaired) electrons. The Balaban J connectivity index is 1.67. The van der Waals surface area contributed by atoms with Gasteiger partial charge in [0.25, 0.3) is 0 Å². The minimum atomic E-state index is 0.203. The van der Waals surface area contributed by atoms with Gasteiger partial charge < -0.3 is 19.9 Å². The summed E-state index contributed by atoms with van der Waals surface area (Å²) in [7, 11) is 1.69. The third-order valence-corrected chi connectivity index (χ3v) is 5.26. The van der Waals surface area contributed by atoms with E-state index in [2.05, 4.69) is 28.1 Å². The molecule has 7 nitrogen and oxygen atoms in total. The molecule has 2 N–H and O–H groups in total. The summed E-state index contributed by atoms with van der Waals surface area (Å²) in [6.45, 7) is 7.54. The Morgan fingerprint density at radius 1 is 1.06 bits per heavy atom. The Labute approximate surface area is 188 Å². The molecule has 0 fully saturated rings. The second-order valence-corrected chi connectivity index (χ2v) is 7.97. The van der Waals surface area contributed by atoms with Crippen LogP contribution in [0.1, 0.15) is 30.9 Å². The number of nitrogens with one attached hydrogen (secondary N) is 1. The maximum absolute atomic E-state index is 10.1. The van der Waals surface area contributed by atoms with Crippen LogP contribution in [0.25, 0.3) is 11.4 Å². The maximum Gasteiger partial charge on any atom is 0.188 e. The molecule has 0 unspecified atom stereocenters. The van der Waals surface area contributed by atoms with Crippen LogP contribution in [0.5, 0.6) is 11.5 Å². The quantitative estimate of drug-likeness (QED) is 0.310. The predicted octanol–water partition coefficient (Wildman–Crippen LogP) is 3.73. The highest BCUT2D eigenvalue weighted by molar-refractivity contribution is 7.80. The number of benzene rings is 2. The Bertz CT molecular complexity index is 973. The smallest absolute Gasteiger partial charge is 0.188 e. The van der Waals surface area contributed by atoms with E-state index in [0.29, 0.717) is 36.5 Å². The molecule has 0 bridgehead atoms. The minimum absolute atomic E-state index is 0.203. The van der Waals surface area contributed by atoms with E-state index in [1.54, 1.807) is 13.2 Å². The fraction of sp³-hybridized carbons (Fsp3) is 0.391. The van der Waals surface area contributed by atoms with Gasteiger partial charge in [0, 0.05) is 25.8 Å². The Morgan fingerprint density at radius 3 is 2.52 bits per heavy atom. The molecule has 0 aliphatic heterocycles. The normalized spacial score (nSPS) is 11.3. The first kappa shape index (κ1) is 23.1. The van der Waals surface area contributed by atoms with Crippen LogP contribution in [0.15, 0.2) is 47.6 Å². The van der Waals surface area contributed by atoms with E-state index < -0.39 is 0 Å². The van der Waals surface area contributed by atoms with Gasteiger partial charge in [0.1, 0.15) is 18.1 Å². The Morgan fingerprint density at radius 2 is 1.81 bits per heavy atom. The van der Waals surface area contributed by atoms with E-state index in [9.17, 15) is 5.11 Å². The summed E-state index contributed by atoms with van der Waals surface area (Å²) in [6.07, 6.45) is 0. The third-order valence-electron chi connectivity index (χ3n) is 4.93. The van der Waals surface area contributed by atoms with Crippen molar-refractivity contribution in [2.45, 2.75) is 31.5 Å². The molecule has 0 aliphatic carbocycles. The van der Waals surface area contributed by atoms with E-state index >= 15 is 0 Å². The van der Waals surface area contributed by atoms with Crippen molar-refractivity contribution in [2.24, 2.45) is 0 Å². The zero-order chi connectivity index (χ0) is 22.2. The first-order valence-electron chi connectivity index (χ1n) is 10.4. The second kappa shape index (κ2) is 11.2. The fourth-order valence-electron chi connectivity index (χ4n) is 3.22. The zero-order valence-electron chi connectivity index (χ0n) is 18.2. The van der Waals surface area contributed by atoms with Crippen molar-refractivity contribution < 1.29 is 14.6 Å². The molecule has 8 heteroatoms. The van der Waals surface area contributed by atoms with Crippen molar-refractivity contribution in [3.05, 3.63) is 53.6 Å². The van der Waals surface area contributed by atoms with Crippen LogP contribution in [0.4, 0.5) is 0 Å². The van der Waals surface area contributed by atoms with Gasteiger partial charge in [-0.05, 0) is 47.4 Å². The van der Waals surface area contributed by atoms with Crippen molar-refractivity contribution in [3.8, 4) is 22.9 Å². The standard InChI is InChI=1S/C23H30N4O3S/c1-16(2)20-14-18(6-9-21(20)28)22-25-26-23(31)27(22)15-17-4-7-19(8-5-17)30-13-11-24-10-12-29-3/h4-9,14,16,24,28H,10-13,15H2,1-3H3,(H,26,31). The summed E-state index contributed by atoms with van der Waals surface area (Å²) in [5.41, 5.74) is 2.87. The van der Waals surface area contributed by atoms with Crippen LogP contribution < -0.4 is 10.1 Å². The molecule has 3 aromatic rings. The van der Waals surface area contributed by atoms with Gasteiger partial charge >= 0.3 is 0 Å². The molecular weight excluding hydrogens is 412 g/mol. The predicted molar refractivity (Wildman–Crippen MR) is 124 cm³/mol. The first-order chi connectivity index (χ1) is 15.0. The van der Waals surface area contributed by atoms with E-state index in [1.807, 2.05) is 54.8 Å². The van der Waals surface area contributed by atoms with Crippen LogP contribution in [0.2, 0.25) is 0 Å². The summed E-state index contributed by atoms with van der Waals surface area (Å²) < 4.78 is 12.7. The van der Waals surface area contributed by atoms with Gasteiger partial charge in [0.2, 0.25) is 0 Å². The highest BCUT2D eigenvalue weighted by Crippen LogP contribution is 2.31. The number of phenols is 1. The van der Waals surface area contributed by atoms with Gasteiger partial charge in [-0.25, -0.2) is 0 Å². The van der Waals surface area contributed by atoms with Gasteiger partial charge in [-0.3, -0.25) is 4.57 Å². The number of methoxy groups -OCH3 is 1. The number of aromatic nitrogens is 3. The number of hydrogen-bond donors (Lipinski definition) is 3. The highest BCUT2D eigenvalue weighted by atomic mass is 32.1. The molecule has 31 heavy (non-hydrogen) atoms. The van der Waals surface area contributed by atoms with E-state index in [0.717, 1.165) is 35.5 Å². The molecule has 1 aromatic heterocycles. The topological polar surface area (TPSA) is 81.4 Å². The van der Waals surface area contributed by atoms with Gasteiger partial charge in [-0.15, -0.1) is 22.8 Å². The summed E-state index contributed by atoms with van der Waals surface area (Å²) in [5, 5.41) is 22.4. The van der Waals surface area contributed by atoms with Crippen molar-refractivity contribution in [3.63, 3.8) is 0 Å². The van der Waals surface area contributed by atoms with Gasteiger partial charge in [-0.1, -0.05) is 26.0 Å². The van der Waals surface area contributed by atoms with E-state index in [4.69, 9.17) is 9.47 Å². The molecular formula is C23H30N4O3S. The van der Waals surface area contributed by atoms with Crippen LogP contribution in [0.3, 0.4) is 0 Å². The monoisotopic (exact) mass is 442 g/mol. The van der Waals surface area contributed by atoms with Crippen molar-refractivity contribution in [1.29, 1.82) is 0 Å². The molecule has 166 valence electrons.